The minimum atomic E-state index is -0.686. The minimum absolute atomic E-state index is 0.264. The average molecular weight is 408 g/mol. The zero-order valence-electron chi connectivity index (χ0n) is 15.4. The number of carbonyl (C=O) groups excluding carboxylic acids is 1. The van der Waals surface area contributed by atoms with Crippen LogP contribution in [0.25, 0.3) is 5.57 Å². The summed E-state index contributed by atoms with van der Waals surface area (Å²) < 4.78 is 10.8. The minimum Gasteiger partial charge on any atom is -0.462 e. The molecule has 2 heterocycles. The molecule has 2 atom stereocenters. The Kier molecular flexibility index (Phi) is 5.67. The molecule has 0 fully saturated rings. The van der Waals surface area contributed by atoms with Gasteiger partial charge in [-0.05, 0) is 39.3 Å². The van der Waals surface area contributed by atoms with Gasteiger partial charge in [-0.25, -0.2) is 0 Å². The third-order valence-electron chi connectivity index (χ3n) is 4.34. The molecular weight excluding hydrogens is 389 g/mol. The highest BCUT2D eigenvalue weighted by atomic mass is 35.5. The molecule has 0 amide bonds. The molecule has 8 heteroatoms. The fourth-order valence-electron chi connectivity index (χ4n) is 3.31. The molecule has 1 aliphatic rings. The highest BCUT2D eigenvalue weighted by molar-refractivity contribution is 6.42. The number of esters is 1. The molecule has 2 unspecified atom stereocenters. The Labute approximate surface area is 167 Å². The summed E-state index contributed by atoms with van der Waals surface area (Å²) in [4.78, 5) is 21.7. The van der Waals surface area contributed by atoms with Crippen LogP contribution >= 0.6 is 23.2 Å². The van der Waals surface area contributed by atoms with E-state index < -0.39 is 17.8 Å². The molecule has 1 aromatic heterocycles. The molecule has 142 valence electrons. The van der Waals surface area contributed by atoms with Gasteiger partial charge in [-0.2, -0.15) is 4.98 Å². The van der Waals surface area contributed by atoms with Crippen molar-refractivity contribution in [1.82, 2.24) is 10.1 Å². The van der Waals surface area contributed by atoms with Crippen molar-refractivity contribution in [2.24, 2.45) is 10.9 Å². The van der Waals surface area contributed by atoms with Gasteiger partial charge in [-0.1, -0.05) is 40.5 Å². The number of hydrogen-bond donors (Lipinski definition) is 0. The number of rotatable bonds is 4. The van der Waals surface area contributed by atoms with E-state index in [0.29, 0.717) is 32.6 Å². The van der Waals surface area contributed by atoms with Gasteiger partial charge in [0.25, 0.3) is 5.89 Å². The van der Waals surface area contributed by atoms with Gasteiger partial charge < -0.3 is 9.26 Å². The molecule has 0 bridgehead atoms. The molecule has 0 saturated heterocycles. The predicted molar refractivity (Wildman–Crippen MR) is 104 cm³/mol. The number of allylic oxidation sites excluding steroid dienone is 2. The standard InChI is InChI=1S/C19H19Cl2N3O3/c1-9(2)26-19(25)15-11(4)24-10(3)14(18-22-8-23-27-18)16(15)12-6-5-7-13(20)17(12)21/h5-9,15-16H,1-4H3. The first-order valence-corrected chi connectivity index (χ1v) is 9.24. The van der Waals surface area contributed by atoms with Gasteiger partial charge in [0.1, 0.15) is 5.92 Å². The van der Waals surface area contributed by atoms with E-state index in [-0.39, 0.29) is 12.0 Å². The summed E-state index contributed by atoms with van der Waals surface area (Å²) in [5, 5.41) is 4.46. The maximum Gasteiger partial charge on any atom is 0.315 e. The number of nitrogens with zero attached hydrogens (tertiary/aromatic N) is 3. The first-order chi connectivity index (χ1) is 12.8. The van der Waals surface area contributed by atoms with Crippen molar-refractivity contribution in [1.29, 1.82) is 0 Å². The Morgan fingerprint density at radius 1 is 1.26 bits per heavy atom. The summed E-state index contributed by atoms with van der Waals surface area (Å²) in [5.74, 6) is -1.31. The van der Waals surface area contributed by atoms with Crippen LogP contribution in [-0.4, -0.2) is 27.9 Å². The van der Waals surface area contributed by atoms with Crippen LogP contribution in [0.3, 0.4) is 0 Å². The van der Waals surface area contributed by atoms with Crippen LogP contribution in [0.1, 0.15) is 45.1 Å². The van der Waals surface area contributed by atoms with Crippen LogP contribution in [0.2, 0.25) is 10.0 Å². The summed E-state index contributed by atoms with van der Waals surface area (Å²) in [7, 11) is 0. The van der Waals surface area contributed by atoms with Gasteiger partial charge in [0, 0.05) is 22.9 Å². The number of benzene rings is 1. The van der Waals surface area contributed by atoms with Crippen LogP contribution in [0.15, 0.2) is 39.7 Å². The van der Waals surface area contributed by atoms with Gasteiger partial charge in [0.05, 0.1) is 16.1 Å². The van der Waals surface area contributed by atoms with E-state index in [2.05, 4.69) is 15.1 Å². The van der Waals surface area contributed by atoms with Crippen LogP contribution in [-0.2, 0) is 9.53 Å². The zero-order chi connectivity index (χ0) is 19.7. The quantitative estimate of drug-likeness (QED) is 0.671. The van der Waals surface area contributed by atoms with Crippen molar-refractivity contribution in [3.8, 4) is 0 Å². The number of aromatic nitrogens is 2. The Balaban J connectivity index is 2.23. The normalized spacial score (nSPS) is 20.0. The van der Waals surface area contributed by atoms with E-state index in [1.807, 2.05) is 13.0 Å². The zero-order valence-corrected chi connectivity index (χ0v) is 16.9. The maximum absolute atomic E-state index is 13.0. The van der Waals surface area contributed by atoms with E-state index in [4.69, 9.17) is 32.5 Å². The molecule has 27 heavy (non-hydrogen) atoms. The van der Waals surface area contributed by atoms with Crippen molar-refractivity contribution in [2.45, 2.75) is 39.7 Å². The van der Waals surface area contributed by atoms with Crippen molar-refractivity contribution in [2.75, 3.05) is 0 Å². The van der Waals surface area contributed by atoms with Gasteiger partial charge in [-0.3, -0.25) is 9.79 Å². The van der Waals surface area contributed by atoms with E-state index >= 15 is 0 Å². The average Bonchev–Trinajstić information content (AvgIpc) is 3.10. The van der Waals surface area contributed by atoms with E-state index in [1.54, 1.807) is 32.9 Å². The number of halogens is 2. The van der Waals surface area contributed by atoms with Crippen molar-refractivity contribution >= 4 is 40.5 Å². The highest BCUT2D eigenvalue weighted by Gasteiger charge is 2.42. The third kappa shape index (κ3) is 3.77. The van der Waals surface area contributed by atoms with Crippen LogP contribution in [0.4, 0.5) is 0 Å². The SMILES string of the molecule is CC1=NC(C)=C(c2ncno2)C(c2cccc(Cl)c2Cl)C1C(=O)OC(C)C. The van der Waals surface area contributed by atoms with Crippen molar-refractivity contribution in [3.05, 3.63) is 51.7 Å². The van der Waals surface area contributed by atoms with Gasteiger partial charge >= 0.3 is 5.97 Å². The lowest BCUT2D eigenvalue weighted by molar-refractivity contribution is -0.150. The molecule has 0 radical (unpaired) electrons. The molecule has 0 saturated carbocycles. The molecule has 3 rings (SSSR count). The molecule has 2 aromatic rings. The number of carbonyl (C=O) groups is 1. The fraction of sp³-hybridized carbons (Fsp3) is 0.368. The third-order valence-corrected chi connectivity index (χ3v) is 5.18. The second kappa shape index (κ2) is 7.82. The van der Waals surface area contributed by atoms with E-state index in [1.165, 1.54) is 6.33 Å². The largest absolute Gasteiger partial charge is 0.462 e. The van der Waals surface area contributed by atoms with Gasteiger partial charge in [-0.15, -0.1) is 0 Å². The van der Waals surface area contributed by atoms with E-state index in [9.17, 15) is 4.79 Å². The molecule has 1 aromatic carbocycles. The summed E-state index contributed by atoms with van der Waals surface area (Å²) in [5.41, 5.74) is 2.61. The molecular formula is C19H19Cl2N3O3. The second-order valence-electron chi connectivity index (χ2n) is 6.58. The van der Waals surface area contributed by atoms with Gasteiger partial charge in [0.2, 0.25) is 0 Å². The predicted octanol–water partition coefficient (Wildman–Crippen LogP) is 4.93. The van der Waals surface area contributed by atoms with Crippen LogP contribution in [0.5, 0.6) is 0 Å². The highest BCUT2D eigenvalue weighted by Crippen LogP contribution is 2.47. The fourth-order valence-corrected chi connectivity index (χ4v) is 3.74. The number of ether oxygens (including phenoxy) is 1. The molecule has 0 N–H and O–H groups in total. The monoisotopic (exact) mass is 407 g/mol. The maximum atomic E-state index is 13.0. The van der Waals surface area contributed by atoms with E-state index in [0.717, 1.165) is 0 Å². The molecule has 1 aliphatic heterocycles. The smallest absolute Gasteiger partial charge is 0.315 e. The van der Waals surface area contributed by atoms with Crippen molar-refractivity contribution in [3.63, 3.8) is 0 Å². The number of hydrogen-bond acceptors (Lipinski definition) is 6. The lowest BCUT2D eigenvalue weighted by atomic mass is 9.75. The molecule has 6 nitrogen and oxygen atoms in total. The summed E-state index contributed by atoms with van der Waals surface area (Å²) >= 11 is 12.8. The number of aliphatic imine (C=N–C) groups is 1. The summed E-state index contributed by atoms with van der Waals surface area (Å²) in [6, 6.07) is 5.31. The molecule has 0 spiro atoms. The first kappa shape index (κ1) is 19.6. The summed E-state index contributed by atoms with van der Waals surface area (Å²) in [6.45, 7) is 7.23. The Morgan fingerprint density at radius 3 is 2.63 bits per heavy atom. The second-order valence-corrected chi connectivity index (χ2v) is 7.37. The lowest BCUT2D eigenvalue weighted by Gasteiger charge is -2.32. The topological polar surface area (TPSA) is 77.6 Å². The van der Waals surface area contributed by atoms with Crippen LogP contribution < -0.4 is 0 Å². The molecule has 0 aliphatic carbocycles. The van der Waals surface area contributed by atoms with Gasteiger partial charge in [0.15, 0.2) is 6.33 Å². The Hall–Kier alpha value is -2.18. The first-order valence-electron chi connectivity index (χ1n) is 8.48. The Morgan fingerprint density at radius 2 is 2.00 bits per heavy atom. The van der Waals surface area contributed by atoms with Crippen molar-refractivity contribution < 1.29 is 14.1 Å². The Bertz CT molecular complexity index is 920. The lowest BCUT2D eigenvalue weighted by Crippen LogP contribution is -2.35. The van der Waals surface area contributed by atoms with Crippen LogP contribution in [0, 0.1) is 5.92 Å². The summed E-state index contributed by atoms with van der Waals surface area (Å²) in [6.07, 6.45) is 1.04.